The number of hydrogen-bond acceptors (Lipinski definition) is 3. The molecule has 4 rings (SSSR count). The molecule has 112 valence electrons. The van der Waals surface area contributed by atoms with Gasteiger partial charge in [0.2, 0.25) is 0 Å². The van der Waals surface area contributed by atoms with Crippen molar-refractivity contribution >= 4 is 39.9 Å². The summed E-state index contributed by atoms with van der Waals surface area (Å²) in [7, 11) is 0. The van der Waals surface area contributed by atoms with Gasteiger partial charge in [0.15, 0.2) is 0 Å². The van der Waals surface area contributed by atoms with Crippen molar-refractivity contribution in [1.82, 2.24) is 14.8 Å². The van der Waals surface area contributed by atoms with E-state index in [1.807, 2.05) is 23.7 Å². The van der Waals surface area contributed by atoms with E-state index in [2.05, 4.69) is 23.3 Å². The lowest BCUT2D eigenvalue weighted by molar-refractivity contribution is 0.565. The van der Waals surface area contributed by atoms with Crippen molar-refractivity contribution in [2.75, 3.05) is 5.32 Å². The van der Waals surface area contributed by atoms with E-state index in [0.29, 0.717) is 16.1 Å². The number of hydrogen-bond donors (Lipinski definition) is 1. The van der Waals surface area contributed by atoms with Gasteiger partial charge in [-0.3, -0.25) is 4.68 Å². The molecule has 3 heterocycles. The van der Waals surface area contributed by atoms with Crippen LogP contribution in [0.2, 0.25) is 10.0 Å². The summed E-state index contributed by atoms with van der Waals surface area (Å²) >= 11 is 12.4. The third-order valence-corrected chi connectivity index (χ3v) is 4.41. The molecule has 4 nitrogen and oxygen atoms in total. The minimum atomic E-state index is 0.325. The Kier molecular flexibility index (Phi) is 3.06. The number of nitrogens with one attached hydrogen (secondary N) is 1. The molecular weight excluding hydrogens is 319 g/mol. The molecule has 0 aliphatic carbocycles. The van der Waals surface area contributed by atoms with Crippen molar-refractivity contribution in [2.24, 2.45) is 0 Å². The van der Waals surface area contributed by atoms with Crippen molar-refractivity contribution in [3.63, 3.8) is 0 Å². The molecule has 2 aromatic heterocycles. The molecule has 1 aliphatic heterocycles. The van der Waals surface area contributed by atoms with E-state index >= 15 is 0 Å². The Morgan fingerprint density at radius 2 is 2.09 bits per heavy atom. The Balaban J connectivity index is 2.04. The van der Waals surface area contributed by atoms with Crippen LogP contribution < -0.4 is 5.32 Å². The summed E-state index contributed by atoms with van der Waals surface area (Å²) in [6, 6.07) is 7.84. The van der Waals surface area contributed by atoms with Crippen molar-refractivity contribution in [2.45, 2.75) is 26.4 Å². The zero-order chi connectivity index (χ0) is 15.4. The maximum atomic E-state index is 6.36. The second-order valence-corrected chi connectivity index (χ2v) is 6.55. The van der Waals surface area contributed by atoms with Crippen molar-refractivity contribution in [3.8, 4) is 11.3 Å². The lowest BCUT2D eigenvalue weighted by Gasteiger charge is -2.22. The lowest BCUT2D eigenvalue weighted by atomic mass is 10.1. The summed E-state index contributed by atoms with van der Waals surface area (Å²) in [5.74, 6) is 0. The van der Waals surface area contributed by atoms with Crippen LogP contribution in [0.1, 0.15) is 12.6 Å². The van der Waals surface area contributed by atoms with Crippen LogP contribution >= 0.6 is 23.2 Å². The van der Waals surface area contributed by atoms with Gasteiger partial charge in [0.1, 0.15) is 16.7 Å². The molecule has 1 N–H and O–H groups in total. The molecule has 0 spiro atoms. The van der Waals surface area contributed by atoms with E-state index < -0.39 is 0 Å². The summed E-state index contributed by atoms with van der Waals surface area (Å²) in [6.45, 7) is 4.93. The van der Waals surface area contributed by atoms with Gasteiger partial charge in [0, 0.05) is 22.3 Å². The molecule has 0 unspecified atom stereocenters. The normalized spacial score (nSPS) is 16.8. The molecule has 6 heteroatoms. The van der Waals surface area contributed by atoms with Crippen LogP contribution in [0.25, 0.3) is 22.3 Å². The van der Waals surface area contributed by atoms with Gasteiger partial charge in [-0.2, -0.15) is 5.10 Å². The highest BCUT2D eigenvalue weighted by Gasteiger charge is 2.24. The average molecular weight is 333 g/mol. The van der Waals surface area contributed by atoms with Crippen molar-refractivity contribution in [1.29, 1.82) is 0 Å². The van der Waals surface area contributed by atoms with Gasteiger partial charge in [0.25, 0.3) is 0 Å². The summed E-state index contributed by atoms with van der Waals surface area (Å²) in [5, 5.41) is 9.46. The zero-order valence-electron chi connectivity index (χ0n) is 12.2. The van der Waals surface area contributed by atoms with Gasteiger partial charge < -0.3 is 5.32 Å². The lowest BCUT2D eigenvalue weighted by Crippen LogP contribution is -2.27. The summed E-state index contributed by atoms with van der Waals surface area (Å²) < 4.78 is 2.01. The molecular formula is C16H14Cl2N4. The average Bonchev–Trinajstić information content (AvgIpc) is 2.77. The predicted octanol–water partition coefficient (Wildman–Crippen LogP) is 4.53. The molecule has 1 aromatic carbocycles. The molecule has 1 atom stereocenters. The summed E-state index contributed by atoms with van der Waals surface area (Å²) in [6.07, 6.45) is 0. The van der Waals surface area contributed by atoms with Crippen LogP contribution in [-0.2, 0) is 6.54 Å². The maximum absolute atomic E-state index is 6.36. The highest BCUT2D eigenvalue weighted by molar-refractivity contribution is 6.36. The van der Waals surface area contributed by atoms with Gasteiger partial charge in [-0.15, -0.1) is 0 Å². The molecule has 0 saturated carbocycles. The number of aromatic nitrogens is 3. The molecule has 3 aromatic rings. The van der Waals surface area contributed by atoms with Crippen LogP contribution in [-0.4, -0.2) is 20.8 Å². The third-order valence-electron chi connectivity index (χ3n) is 3.86. The van der Waals surface area contributed by atoms with Gasteiger partial charge in [-0.05, 0) is 38.1 Å². The van der Waals surface area contributed by atoms with E-state index in [4.69, 9.17) is 28.3 Å². The number of halogens is 2. The van der Waals surface area contributed by atoms with Crippen LogP contribution in [0, 0.1) is 6.92 Å². The topological polar surface area (TPSA) is 42.7 Å². The van der Waals surface area contributed by atoms with Gasteiger partial charge in [-0.1, -0.05) is 23.2 Å². The Bertz CT molecular complexity index is 901. The van der Waals surface area contributed by atoms with Gasteiger partial charge in [-0.25, -0.2) is 4.98 Å². The van der Waals surface area contributed by atoms with Crippen LogP contribution in [0.5, 0.6) is 0 Å². The molecule has 0 saturated heterocycles. The molecule has 22 heavy (non-hydrogen) atoms. The van der Waals surface area contributed by atoms with E-state index in [1.165, 1.54) is 0 Å². The van der Waals surface area contributed by atoms with E-state index in [9.17, 15) is 0 Å². The first kappa shape index (κ1) is 13.9. The number of nitrogens with zero attached hydrogens (tertiary/aromatic N) is 3. The number of pyridine rings is 1. The minimum absolute atomic E-state index is 0.325. The quantitative estimate of drug-likeness (QED) is 0.712. The second-order valence-electron chi connectivity index (χ2n) is 5.71. The smallest absolute Gasteiger partial charge is 0.120 e. The second kappa shape index (κ2) is 4.86. The number of aryl methyl sites for hydroxylation is 1. The van der Waals surface area contributed by atoms with Gasteiger partial charge >= 0.3 is 0 Å². The monoisotopic (exact) mass is 332 g/mol. The molecule has 1 aliphatic rings. The predicted molar refractivity (Wildman–Crippen MR) is 90.8 cm³/mol. The Hall–Kier alpha value is -1.78. The van der Waals surface area contributed by atoms with Crippen LogP contribution in [0.15, 0.2) is 24.3 Å². The van der Waals surface area contributed by atoms with Crippen LogP contribution in [0.4, 0.5) is 5.69 Å². The first-order valence-corrected chi connectivity index (χ1v) is 7.88. The Morgan fingerprint density at radius 3 is 2.86 bits per heavy atom. The number of benzene rings is 1. The third kappa shape index (κ3) is 2.06. The summed E-state index contributed by atoms with van der Waals surface area (Å²) in [4.78, 5) is 4.69. The first-order chi connectivity index (χ1) is 10.5. The number of rotatable bonds is 1. The van der Waals surface area contributed by atoms with Crippen molar-refractivity contribution in [3.05, 3.63) is 40.0 Å². The highest BCUT2D eigenvalue weighted by atomic mass is 35.5. The number of anilines is 1. The zero-order valence-corrected chi connectivity index (χ0v) is 13.7. The van der Waals surface area contributed by atoms with Crippen LogP contribution in [0.3, 0.4) is 0 Å². The van der Waals surface area contributed by atoms with E-state index in [0.717, 1.165) is 40.2 Å². The fourth-order valence-electron chi connectivity index (χ4n) is 2.99. The minimum Gasteiger partial charge on any atom is -0.379 e. The SMILES string of the molecule is Cc1cc2c3c(n1)c(-c1ccc(Cl)cc1Cl)nn3C[C@H](C)N2. The fraction of sp³-hybridized carbons (Fsp3) is 0.250. The highest BCUT2D eigenvalue weighted by Crippen LogP contribution is 2.37. The summed E-state index contributed by atoms with van der Waals surface area (Å²) in [5.41, 5.74) is 5.59. The standard InChI is InChI=1S/C16H14Cl2N4/c1-8-5-13-16-15(20-8)14(21-22(16)7-9(2)19-13)11-4-3-10(17)6-12(11)18/h3-6,9,19H,7H2,1-2H3/t9-/m0/s1. The fourth-order valence-corrected chi connectivity index (χ4v) is 3.48. The maximum Gasteiger partial charge on any atom is 0.120 e. The van der Waals surface area contributed by atoms with E-state index in [-0.39, 0.29) is 0 Å². The molecule has 0 amide bonds. The van der Waals surface area contributed by atoms with Crippen molar-refractivity contribution < 1.29 is 0 Å². The Morgan fingerprint density at radius 1 is 1.27 bits per heavy atom. The Labute approximate surface area is 138 Å². The first-order valence-electron chi connectivity index (χ1n) is 7.13. The van der Waals surface area contributed by atoms with E-state index in [1.54, 1.807) is 6.07 Å². The molecule has 0 radical (unpaired) electrons. The van der Waals surface area contributed by atoms with Gasteiger partial charge in [0.05, 0.1) is 17.3 Å². The molecule has 0 bridgehead atoms. The molecule has 0 fully saturated rings. The largest absolute Gasteiger partial charge is 0.379 e.